The average Bonchev–Trinajstić information content (AvgIpc) is 3.23. The van der Waals surface area contributed by atoms with Crippen molar-refractivity contribution in [3.8, 4) is 0 Å². The molecule has 0 amide bonds. The van der Waals surface area contributed by atoms with E-state index in [4.69, 9.17) is 18.9 Å². The van der Waals surface area contributed by atoms with E-state index < -0.39 is 0 Å². The summed E-state index contributed by atoms with van der Waals surface area (Å²) in [5.41, 5.74) is 2.98. The van der Waals surface area contributed by atoms with Crippen molar-refractivity contribution >= 4 is 23.8 Å². The van der Waals surface area contributed by atoms with Gasteiger partial charge >= 0.3 is 0 Å². The van der Waals surface area contributed by atoms with E-state index in [0.717, 1.165) is 32.0 Å². The third-order valence-electron chi connectivity index (χ3n) is 4.24. The molecule has 0 aromatic carbocycles. The van der Waals surface area contributed by atoms with E-state index in [1.54, 1.807) is 12.5 Å². The van der Waals surface area contributed by atoms with Crippen LogP contribution >= 0.6 is 0 Å². The number of hydrazone groups is 1. The summed E-state index contributed by atoms with van der Waals surface area (Å²) in [4.78, 5) is 13.7. The van der Waals surface area contributed by atoms with Gasteiger partial charge in [-0.15, -0.1) is 0 Å². The summed E-state index contributed by atoms with van der Waals surface area (Å²) in [5.74, 6) is 2.88. The zero-order chi connectivity index (χ0) is 17.6. The van der Waals surface area contributed by atoms with Gasteiger partial charge in [-0.2, -0.15) is 15.1 Å². The summed E-state index contributed by atoms with van der Waals surface area (Å²) in [6.07, 6.45) is 3.23. The van der Waals surface area contributed by atoms with Crippen LogP contribution in [-0.2, 0) is 9.47 Å². The Morgan fingerprint density at radius 1 is 1.00 bits per heavy atom. The van der Waals surface area contributed by atoms with Crippen LogP contribution in [0, 0.1) is 0 Å². The summed E-state index contributed by atoms with van der Waals surface area (Å²) in [6, 6.07) is 5.57. The minimum atomic E-state index is 0.644. The van der Waals surface area contributed by atoms with Crippen molar-refractivity contribution < 1.29 is 13.9 Å². The summed E-state index contributed by atoms with van der Waals surface area (Å²) < 4.78 is 16.1. The standard InChI is InChI=1S/C17H22N6O3/c1-2-14(26-7-1)13-18-21-15-12-16(22-3-8-24-9-4-22)20-17(19-15)23-5-10-25-11-6-23/h1-2,7,12-13H,3-6,8-11H2,(H,19,20,21). The van der Waals surface area contributed by atoms with Gasteiger partial charge in [0.05, 0.1) is 38.9 Å². The van der Waals surface area contributed by atoms with Crippen molar-refractivity contribution in [1.82, 2.24) is 9.97 Å². The highest BCUT2D eigenvalue weighted by molar-refractivity contribution is 5.76. The second-order valence-electron chi connectivity index (χ2n) is 6.00. The SMILES string of the molecule is C(=NNc1cc(N2CCOCC2)nc(N2CCOCC2)n1)c1ccco1. The fourth-order valence-corrected chi connectivity index (χ4v) is 2.87. The van der Waals surface area contributed by atoms with Crippen LogP contribution in [0.3, 0.4) is 0 Å². The molecular weight excluding hydrogens is 336 g/mol. The van der Waals surface area contributed by atoms with Crippen LogP contribution < -0.4 is 15.2 Å². The number of furan rings is 1. The Kier molecular flexibility index (Phi) is 5.27. The van der Waals surface area contributed by atoms with Crippen LogP contribution in [0.5, 0.6) is 0 Å². The predicted molar refractivity (Wildman–Crippen MR) is 98.0 cm³/mol. The largest absolute Gasteiger partial charge is 0.463 e. The molecule has 0 aliphatic carbocycles. The Hall–Kier alpha value is -2.65. The first-order valence-corrected chi connectivity index (χ1v) is 8.75. The van der Waals surface area contributed by atoms with E-state index in [1.807, 2.05) is 18.2 Å². The van der Waals surface area contributed by atoms with E-state index in [-0.39, 0.29) is 0 Å². The van der Waals surface area contributed by atoms with Crippen LogP contribution in [-0.4, -0.2) is 68.8 Å². The van der Waals surface area contributed by atoms with E-state index in [2.05, 4.69) is 25.3 Å². The van der Waals surface area contributed by atoms with Gasteiger partial charge in [0.2, 0.25) is 5.95 Å². The maximum absolute atomic E-state index is 5.44. The molecule has 2 aliphatic rings. The average molecular weight is 358 g/mol. The predicted octanol–water partition coefficient (Wildman–Crippen LogP) is 1.19. The van der Waals surface area contributed by atoms with Gasteiger partial charge in [0, 0.05) is 32.2 Å². The van der Waals surface area contributed by atoms with Crippen molar-refractivity contribution in [3.63, 3.8) is 0 Å². The maximum Gasteiger partial charge on any atom is 0.229 e. The Bertz CT molecular complexity index is 688. The Labute approximate surface area is 151 Å². The maximum atomic E-state index is 5.44. The number of nitrogens with zero attached hydrogens (tertiary/aromatic N) is 5. The summed E-state index contributed by atoms with van der Waals surface area (Å²) in [7, 11) is 0. The topological polar surface area (TPSA) is 88.2 Å². The van der Waals surface area contributed by atoms with Gasteiger partial charge in [0.15, 0.2) is 5.82 Å². The van der Waals surface area contributed by atoms with Gasteiger partial charge in [-0.1, -0.05) is 0 Å². The molecule has 2 saturated heterocycles. The minimum Gasteiger partial charge on any atom is -0.463 e. The van der Waals surface area contributed by atoms with Gasteiger partial charge in [-0.3, -0.25) is 5.43 Å². The van der Waals surface area contributed by atoms with Gasteiger partial charge in [-0.05, 0) is 12.1 Å². The third kappa shape index (κ3) is 4.12. The lowest BCUT2D eigenvalue weighted by atomic mass is 10.4. The fraction of sp³-hybridized carbons (Fsp3) is 0.471. The number of hydrogen-bond donors (Lipinski definition) is 1. The fourth-order valence-electron chi connectivity index (χ4n) is 2.87. The molecule has 0 saturated carbocycles. The van der Waals surface area contributed by atoms with E-state index in [9.17, 15) is 0 Å². The monoisotopic (exact) mass is 358 g/mol. The van der Waals surface area contributed by atoms with Crippen LogP contribution in [0.15, 0.2) is 34.0 Å². The molecular formula is C17H22N6O3. The minimum absolute atomic E-state index is 0.644. The number of hydrogen-bond acceptors (Lipinski definition) is 9. The number of anilines is 3. The van der Waals surface area contributed by atoms with Crippen molar-refractivity contribution in [2.75, 3.05) is 67.8 Å². The molecule has 4 rings (SSSR count). The highest BCUT2D eigenvalue weighted by Gasteiger charge is 2.19. The molecule has 9 heteroatoms. The second kappa shape index (κ2) is 8.15. The molecule has 2 aromatic rings. The molecule has 2 aliphatic heterocycles. The lowest BCUT2D eigenvalue weighted by Crippen LogP contribution is -2.39. The highest BCUT2D eigenvalue weighted by Crippen LogP contribution is 2.22. The van der Waals surface area contributed by atoms with Crippen LogP contribution in [0.4, 0.5) is 17.6 Å². The normalized spacial score (nSPS) is 18.5. The van der Waals surface area contributed by atoms with Crippen molar-refractivity contribution in [1.29, 1.82) is 0 Å². The van der Waals surface area contributed by atoms with Gasteiger partial charge in [0.1, 0.15) is 11.6 Å². The van der Waals surface area contributed by atoms with E-state index in [0.29, 0.717) is 44.0 Å². The number of rotatable bonds is 5. The van der Waals surface area contributed by atoms with Crippen LogP contribution in [0.2, 0.25) is 0 Å². The third-order valence-corrected chi connectivity index (χ3v) is 4.24. The molecule has 0 spiro atoms. The zero-order valence-electron chi connectivity index (χ0n) is 14.5. The van der Waals surface area contributed by atoms with Crippen molar-refractivity contribution in [2.45, 2.75) is 0 Å². The lowest BCUT2D eigenvalue weighted by Gasteiger charge is -2.31. The smallest absolute Gasteiger partial charge is 0.229 e. The van der Waals surface area contributed by atoms with Crippen LogP contribution in [0.1, 0.15) is 5.76 Å². The first-order valence-electron chi connectivity index (χ1n) is 8.75. The van der Waals surface area contributed by atoms with Gasteiger partial charge in [-0.25, -0.2) is 0 Å². The molecule has 9 nitrogen and oxygen atoms in total. The number of aromatic nitrogens is 2. The summed E-state index contributed by atoms with van der Waals surface area (Å²) >= 11 is 0. The lowest BCUT2D eigenvalue weighted by molar-refractivity contribution is 0.121. The second-order valence-corrected chi connectivity index (χ2v) is 6.00. The Balaban J connectivity index is 1.56. The first-order chi connectivity index (χ1) is 12.9. The molecule has 138 valence electrons. The Morgan fingerprint density at radius 2 is 1.73 bits per heavy atom. The quantitative estimate of drug-likeness (QED) is 0.630. The van der Waals surface area contributed by atoms with Crippen molar-refractivity contribution in [2.24, 2.45) is 5.10 Å². The first kappa shape index (κ1) is 16.8. The van der Waals surface area contributed by atoms with E-state index >= 15 is 0 Å². The number of nitrogens with one attached hydrogen (secondary N) is 1. The van der Waals surface area contributed by atoms with Gasteiger partial charge < -0.3 is 23.7 Å². The van der Waals surface area contributed by atoms with Crippen molar-refractivity contribution in [3.05, 3.63) is 30.2 Å². The highest BCUT2D eigenvalue weighted by atomic mass is 16.5. The molecule has 0 radical (unpaired) electrons. The van der Waals surface area contributed by atoms with Crippen LogP contribution in [0.25, 0.3) is 0 Å². The number of morpholine rings is 2. The van der Waals surface area contributed by atoms with Gasteiger partial charge in [0.25, 0.3) is 0 Å². The molecule has 0 unspecified atom stereocenters. The molecule has 0 atom stereocenters. The molecule has 2 fully saturated rings. The Morgan fingerprint density at radius 3 is 2.42 bits per heavy atom. The molecule has 0 bridgehead atoms. The summed E-state index contributed by atoms with van der Waals surface area (Å²) in [6.45, 7) is 5.97. The molecule has 2 aromatic heterocycles. The van der Waals surface area contributed by atoms with E-state index in [1.165, 1.54) is 0 Å². The molecule has 26 heavy (non-hydrogen) atoms. The zero-order valence-corrected chi connectivity index (χ0v) is 14.5. The number of ether oxygens (including phenoxy) is 2. The molecule has 4 heterocycles. The molecule has 1 N–H and O–H groups in total. The summed E-state index contributed by atoms with van der Waals surface area (Å²) in [5, 5.41) is 4.21.